The highest BCUT2D eigenvalue weighted by molar-refractivity contribution is 9.10. The SMILES string of the molecule is O=C1N(Cc2ccc(C(F)(F)F)o2)c2ccccc2C12CCOc1ccc(Br)cc12. The Bertz CT molecular complexity index is 1160. The maximum atomic E-state index is 13.8. The monoisotopic (exact) mass is 477 g/mol. The van der Waals surface area contributed by atoms with Crippen molar-refractivity contribution in [3.05, 3.63) is 81.7 Å². The van der Waals surface area contributed by atoms with Crippen molar-refractivity contribution in [2.45, 2.75) is 24.6 Å². The molecule has 0 aliphatic carbocycles. The number of halogens is 4. The largest absolute Gasteiger partial charge is 0.493 e. The van der Waals surface area contributed by atoms with Crippen molar-refractivity contribution in [3.8, 4) is 5.75 Å². The molecule has 1 spiro atoms. The molecule has 2 aliphatic heterocycles. The number of carbonyl (C=O) groups excluding carboxylic acids is 1. The van der Waals surface area contributed by atoms with Gasteiger partial charge in [-0.1, -0.05) is 34.1 Å². The average Bonchev–Trinajstić information content (AvgIpc) is 3.28. The number of para-hydroxylation sites is 1. The zero-order valence-electron chi connectivity index (χ0n) is 15.5. The molecule has 1 aromatic heterocycles. The normalized spacial score (nSPS) is 20.3. The molecule has 1 atom stereocenters. The second-order valence-corrected chi connectivity index (χ2v) is 8.23. The average molecular weight is 478 g/mol. The molecule has 154 valence electrons. The molecule has 5 rings (SSSR count). The van der Waals surface area contributed by atoms with Crippen LogP contribution in [0.3, 0.4) is 0 Å². The van der Waals surface area contributed by atoms with Crippen LogP contribution in [0.4, 0.5) is 18.9 Å². The molecule has 0 saturated heterocycles. The Morgan fingerprint density at radius 1 is 1.07 bits per heavy atom. The van der Waals surface area contributed by atoms with Crippen molar-refractivity contribution >= 4 is 27.5 Å². The third kappa shape index (κ3) is 2.77. The Kier molecular flexibility index (Phi) is 4.25. The molecule has 2 aliphatic rings. The molecular formula is C22H15BrF3NO3. The first-order valence-electron chi connectivity index (χ1n) is 9.31. The van der Waals surface area contributed by atoms with Crippen molar-refractivity contribution in [3.63, 3.8) is 0 Å². The number of fused-ring (bicyclic) bond motifs is 4. The van der Waals surface area contributed by atoms with E-state index in [2.05, 4.69) is 15.9 Å². The number of carbonyl (C=O) groups is 1. The Labute approximate surface area is 178 Å². The van der Waals surface area contributed by atoms with Crippen molar-refractivity contribution in [2.75, 3.05) is 11.5 Å². The molecule has 0 fully saturated rings. The van der Waals surface area contributed by atoms with Crippen LogP contribution in [0.2, 0.25) is 0 Å². The predicted molar refractivity (Wildman–Crippen MR) is 106 cm³/mol. The highest BCUT2D eigenvalue weighted by Crippen LogP contribution is 2.53. The summed E-state index contributed by atoms with van der Waals surface area (Å²) in [4.78, 5) is 15.3. The summed E-state index contributed by atoms with van der Waals surface area (Å²) in [7, 11) is 0. The van der Waals surface area contributed by atoms with Gasteiger partial charge in [-0.05, 0) is 42.0 Å². The van der Waals surface area contributed by atoms with Crippen LogP contribution in [-0.4, -0.2) is 12.5 Å². The number of furan rings is 1. The van der Waals surface area contributed by atoms with E-state index in [-0.39, 0.29) is 18.2 Å². The molecule has 0 N–H and O–H groups in total. The lowest BCUT2D eigenvalue weighted by Crippen LogP contribution is -2.44. The summed E-state index contributed by atoms with van der Waals surface area (Å²) in [6, 6.07) is 15.1. The molecule has 1 amide bonds. The standard InChI is InChI=1S/C22H15BrF3NO3/c23-13-5-7-18-16(11-13)21(9-10-29-18)15-3-1-2-4-17(15)27(20(21)28)12-14-6-8-19(30-14)22(24,25)26/h1-8,11H,9-10,12H2. The number of alkyl halides is 3. The first-order chi connectivity index (χ1) is 14.3. The van der Waals surface area contributed by atoms with E-state index in [0.29, 0.717) is 24.5 Å². The molecule has 0 bridgehead atoms. The summed E-state index contributed by atoms with van der Waals surface area (Å²) in [5.74, 6) is -0.570. The van der Waals surface area contributed by atoms with Gasteiger partial charge < -0.3 is 14.1 Å². The molecule has 2 aromatic carbocycles. The van der Waals surface area contributed by atoms with Gasteiger partial charge in [0.1, 0.15) is 16.9 Å². The van der Waals surface area contributed by atoms with Crippen LogP contribution in [0.25, 0.3) is 0 Å². The van der Waals surface area contributed by atoms with E-state index in [9.17, 15) is 18.0 Å². The van der Waals surface area contributed by atoms with Crippen LogP contribution in [0.5, 0.6) is 5.75 Å². The minimum absolute atomic E-state index is 0.0732. The van der Waals surface area contributed by atoms with Gasteiger partial charge in [0.2, 0.25) is 11.7 Å². The number of rotatable bonds is 2. The summed E-state index contributed by atoms with van der Waals surface area (Å²) in [6.07, 6.45) is -4.13. The van der Waals surface area contributed by atoms with Gasteiger partial charge in [-0.3, -0.25) is 4.79 Å². The molecular weight excluding hydrogens is 463 g/mol. The van der Waals surface area contributed by atoms with Crippen molar-refractivity contribution < 1.29 is 27.1 Å². The predicted octanol–water partition coefficient (Wildman–Crippen LogP) is 5.68. The maximum Gasteiger partial charge on any atom is 0.449 e. The second-order valence-electron chi connectivity index (χ2n) is 7.32. The number of nitrogens with zero attached hydrogens (tertiary/aromatic N) is 1. The van der Waals surface area contributed by atoms with Gasteiger partial charge in [-0.15, -0.1) is 0 Å². The zero-order valence-corrected chi connectivity index (χ0v) is 17.1. The van der Waals surface area contributed by atoms with Crippen molar-refractivity contribution in [1.29, 1.82) is 0 Å². The molecule has 3 aromatic rings. The molecule has 0 radical (unpaired) electrons. The van der Waals surface area contributed by atoms with Crippen molar-refractivity contribution in [2.24, 2.45) is 0 Å². The van der Waals surface area contributed by atoms with Crippen LogP contribution in [0.1, 0.15) is 29.1 Å². The summed E-state index contributed by atoms with van der Waals surface area (Å²) < 4.78 is 50.4. The molecule has 4 nitrogen and oxygen atoms in total. The number of ether oxygens (including phenoxy) is 1. The van der Waals surface area contributed by atoms with Gasteiger partial charge in [-0.25, -0.2) is 0 Å². The van der Waals surface area contributed by atoms with E-state index in [0.717, 1.165) is 21.7 Å². The third-order valence-corrected chi connectivity index (χ3v) is 6.15. The van der Waals surface area contributed by atoms with Gasteiger partial charge in [0.05, 0.1) is 13.2 Å². The first kappa shape index (κ1) is 19.2. The van der Waals surface area contributed by atoms with Gasteiger partial charge in [0.15, 0.2) is 0 Å². The van der Waals surface area contributed by atoms with Crippen LogP contribution in [-0.2, 0) is 22.9 Å². The smallest absolute Gasteiger partial charge is 0.449 e. The molecule has 3 heterocycles. The van der Waals surface area contributed by atoms with Crippen LogP contribution in [0.15, 0.2) is 63.5 Å². The highest BCUT2D eigenvalue weighted by atomic mass is 79.9. The third-order valence-electron chi connectivity index (χ3n) is 5.66. The van der Waals surface area contributed by atoms with Crippen LogP contribution in [0, 0.1) is 0 Å². The molecule has 0 saturated carbocycles. The Hall–Kier alpha value is -2.74. The number of amides is 1. The Balaban J connectivity index is 1.62. The van der Waals surface area contributed by atoms with E-state index in [1.165, 1.54) is 11.0 Å². The number of hydrogen-bond acceptors (Lipinski definition) is 3. The molecule has 8 heteroatoms. The fraction of sp³-hybridized carbons (Fsp3) is 0.227. The van der Waals surface area contributed by atoms with E-state index >= 15 is 0 Å². The summed E-state index contributed by atoms with van der Waals surface area (Å²) >= 11 is 3.47. The minimum Gasteiger partial charge on any atom is -0.493 e. The topological polar surface area (TPSA) is 42.7 Å². The maximum absolute atomic E-state index is 13.8. The van der Waals surface area contributed by atoms with Crippen LogP contribution >= 0.6 is 15.9 Å². The minimum atomic E-state index is -4.57. The zero-order chi connectivity index (χ0) is 21.1. The Morgan fingerprint density at radius 3 is 2.63 bits per heavy atom. The van der Waals surface area contributed by atoms with E-state index in [1.807, 2.05) is 42.5 Å². The van der Waals surface area contributed by atoms with Crippen molar-refractivity contribution in [1.82, 2.24) is 0 Å². The highest BCUT2D eigenvalue weighted by Gasteiger charge is 2.54. The van der Waals surface area contributed by atoms with Crippen LogP contribution < -0.4 is 9.64 Å². The lowest BCUT2D eigenvalue weighted by Gasteiger charge is -2.35. The first-order valence-corrected chi connectivity index (χ1v) is 10.1. The number of benzene rings is 2. The molecule has 1 unspecified atom stereocenters. The number of hydrogen-bond donors (Lipinski definition) is 0. The van der Waals surface area contributed by atoms with Gasteiger partial charge in [0.25, 0.3) is 0 Å². The van der Waals surface area contributed by atoms with E-state index in [4.69, 9.17) is 9.15 Å². The summed E-state index contributed by atoms with van der Waals surface area (Å²) in [5, 5.41) is 0. The fourth-order valence-corrected chi connectivity index (χ4v) is 4.73. The second kappa shape index (κ2) is 6.63. The van der Waals surface area contributed by atoms with E-state index in [1.54, 1.807) is 0 Å². The number of anilines is 1. The summed E-state index contributed by atoms with van der Waals surface area (Å²) in [6.45, 7) is 0.277. The lowest BCUT2D eigenvalue weighted by molar-refractivity contribution is -0.153. The van der Waals surface area contributed by atoms with Gasteiger partial charge in [0, 0.05) is 22.1 Å². The van der Waals surface area contributed by atoms with E-state index < -0.39 is 17.4 Å². The molecule has 30 heavy (non-hydrogen) atoms. The summed E-state index contributed by atoms with van der Waals surface area (Å²) in [5.41, 5.74) is 1.28. The quantitative estimate of drug-likeness (QED) is 0.477. The fourth-order valence-electron chi connectivity index (χ4n) is 4.37. The van der Waals surface area contributed by atoms with Gasteiger partial charge in [-0.2, -0.15) is 13.2 Å². The lowest BCUT2D eigenvalue weighted by atomic mass is 9.71. The Morgan fingerprint density at radius 2 is 1.87 bits per heavy atom. The van der Waals surface area contributed by atoms with Gasteiger partial charge >= 0.3 is 6.18 Å².